The summed E-state index contributed by atoms with van der Waals surface area (Å²) < 4.78 is 6.28. The van der Waals surface area contributed by atoms with Gasteiger partial charge in [-0.25, -0.2) is 0 Å². The summed E-state index contributed by atoms with van der Waals surface area (Å²) in [6.45, 7) is 4.15. The zero-order valence-electron chi connectivity index (χ0n) is 16.9. The van der Waals surface area contributed by atoms with Gasteiger partial charge in [0.05, 0.1) is 5.41 Å². The fraction of sp³-hybridized carbons (Fsp3) is 0.0690. The maximum Gasteiger partial charge on any atom is 0.126 e. The van der Waals surface area contributed by atoms with Crippen molar-refractivity contribution in [2.75, 3.05) is 0 Å². The van der Waals surface area contributed by atoms with Gasteiger partial charge in [-0.1, -0.05) is 109 Å². The van der Waals surface area contributed by atoms with E-state index in [9.17, 15) is 0 Å². The highest BCUT2D eigenvalue weighted by molar-refractivity contribution is 5.55. The van der Waals surface area contributed by atoms with Gasteiger partial charge in [-0.2, -0.15) is 0 Å². The largest absolute Gasteiger partial charge is 0.462 e. The van der Waals surface area contributed by atoms with E-state index in [0.717, 1.165) is 11.5 Å². The second-order valence-electron chi connectivity index (χ2n) is 7.18. The van der Waals surface area contributed by atoms with Crippen molar-refractivity contribution < 1.29 is 4.74 Å². The van der Waals surface area contributed by atoms with Crippen LogP contribution >= 0.6 is 0 Å². The third-order valence-corrected chi connectivity index (χ3v) is 5.30. The molecule has 4 aromatic rings. The van der Waals surface area contributed by atoms with E-state index in [2.05, 4.69) is 104 Å². The van der Waals surface area contributed by atoms with Gasteiger partial charge in [-0.05, 0) is 41.8 Å². The highest BCUT2D eigenvalue weighted by Gasteiger charge is 2.35. The average Bonchev–Trinajstić information content (AvgIpc) is 2.84. The molecule has 0 unspecified atom stereocenters. The summed E-state index contributed by atoms with van der Waals surface area (Å²) in [7, 11) is 0. The lowest BCUT2D eigenvalue weighted by Crippen LogP contribution is -2.28. The Morgan fingerprint density at radius 3 is 1.33 bits per heavy atom. The smallest absolute Gasteiger partial charge is 0.126 e. The van der Waals surface area contributed by atoms with Gasteiger partial charge in [0.1, 0.15) is 11.5 Å². The van der Waals surface area contributed by atoms with Gasteiger partial charge in [-0.15, -0.1) is 0 Å². The fourth-order valence-electron chi connectivity index (χ4n) is 3.89. The Bertz CT molecular complexity index is 972. The average molecular weight is 390 g/mol. The lowest BCUT2D eigenvalue weighted by molar-refractivity contribution is 0.408. The molecule has 0 bridgehead atoms. The summed E-state index contributed by atoms with van der Waals surface area (Å²) in [6.07, 6.45) is 2.77. The number of benzene rings is 4. The van der Waals surface area contributed by atoms with Crippen LogP contribution in [0.1, 0.15) is 23.1 Å². The standard InChI is InChI=1S/C29H25O/c1-2-27(30-28-21-13-6-14-22-28)23-29(24-15-7-3-8-16-24,25-17-9-4-10-18-25)26-19-11-5-12-20-26/h3-23H,1-2H2. The van der Waals surface area contributed by atoms with Crippen LogP contribution < -0.4 is 4.74 Å². The summed E-state index contributed by atoms with van der Waals surface area (Å²) in [6, 6.07) is 41.7. The van der Waals surface area contributed by atoms with Crippen LogP contribution in [-0.4, -0.2) is 0 Å². The molecule has 30 heavy (non-hydrogen) atoms. The normalized spacial score (nSPS) is 11.8. The molecule has 147 valence electrons. The molecule has 0 heterocycles. The van der Waals surface area contributed by atoms with E-state index >= 15 is 0 Å². The topological polar surface area (TPSA) is 9.23 Å². The lowest BCUT2D eigenvalue weighted by atomic mass is 9.69. The maximum absolute atomic E-state index is 6.28. The number of hydrogen-bond acceptors (Lipinski definition) is 1. The van der Waals surface area contributed by atoms with Crippen LogP contribution in [0, 0.1) is 6.92 Å². The highest BCUT2D eigenvalue weighted by Crippen LogP contribution is 2.41. The first kappa shape index (κ1) is 19.7. The minimum Gasteiger partial charge on any atom is -0.462 e. The molecule has 0 aromatic heterocycles. The van der Waals surface area contributed by atoms with Crippen LogP contribution in [0.3, 0.4) is 0 Å². The molecule has 0 saturated carbocycles. The third-order valence-electron chi connectivity index (χ3n) is 5.30. The van der Waals surface area contributed by atoms with Gasteiger partial charge in [0.15, 0.2) is 0 Å². The summed E-state index contributed by atoms with van der Waals surface area (Å²) in [5.41, 5.74) is 3.06. The van der Waals surface area contributed by atoms with Crippen molar-refractivity contribution in [3.63, 3.8) is 0 Å². The number of rotatable bonds is 7. The Kier molecular flexibility index (Phi) is 6.10. The number of para-hydroxylation sites is 1. The summed E-state index contributed by atoms with van der Waals surface area (Å²) in [4.78, 5) is 0. The highest BCUT2D eigenvalue weighted by atomic mass is 16.5. The van der Waals surface area contributed by atoms with Crippen LogP contribution in [0.5, 0.6) is 5.75 Å². The molecule has 0 N–H and O–H groups in total. The van der Waals surface area contributed by atoms with Gasteiger partial charge >= 0.3 is 0 Å². The summed E-state index contributed by atoms with van der Waals surface area (Å²) in [5, 5.41) is 0. The van der Waals surface area contributed by atoms with Crippen molar-refractivity contribution in [2.24, 2.45) is 0 Å². The molecular weight excluding hydrogens is 364 g/mol. The van der Waals surface area contributed by atoms with Crippen LogP contribution in [0.15, 0.2) is 133 Å². The van der Waals surface area contributed by atoms with Crippen molar-refractivity contribution in [2.45, 2.75) is 11.8 Å². The first-order chi connectivity index (χ1) is 14.8. The second-order valence-corrected chi connectivity index (χ2v) is 7.18. The van der Waals surface area contributed by atoms with Crippen LogP contribution in [0.25, 0.3) is 0 Å². The minimum atomic E-state index is -0.494. The molecule has 1 radical (unpaired) electrons. The fourth-order valence-corrected chi connectivity index (χ4v) is 3.89. The molecule has 0 aliphatic rings. The Morgan fingerprint density at radius 1 is 0.600 bits per heavy atom. The molecule has 0 amide bonds. The van der Waals surface area contributed by atoms with E-state index in [0.29, 0.717) is 6.42 Å². The predicted molar refractivity (Wildman–Crippen MR) is 124 cm³/mol. The van der Waals surface area contributed by atoms with Crippen LogP contribution in [0.4, 0.5) is 0 Å². The molecule has 0 aliphatic heterocycles. The molecule has 0 fully saturated rings. The minimum absolute atomic E-state index is 0.494. The second kappa shape index (κ2) is 9.28. The lowest BCUT2D eigenvalue weighted by Gasteiger charge is -2.34. The monoisotopic (exact) mass is 389 g/mol. The van der Waals surface area contributed by atoms with Crippen molar-refractivity contribution in [1.29, 1.82) is 0 Å². The Labute approximate surface area is 179 Å². The van der Waals surface area contributed by atoms with Gasteiger partial charge in [0.25, 0.3) is 0 Å². The molecule has 0 spiro atoms. The number of ether oxygens (including phenoxy) is 1. The first-order valence-corrected chi connectivity index (χ1v) is 10.2. The van der Waals surface area contributed by atoms with Crippen LogP contribution in [-0.2, 0) is 5.41 Å². The molecule has 0 aliphatic carbocycles. The number of hydrogen-bond donors (Lipinski definition) is 0. The first-order valence-electron chi connectivity index (χ1n) is 10.2. The Morgan fingerprint density at radius 2 is 0.967 bits per heavy atom. The van der Waals surface area contributed by atoms with E-state index in [1.807, 2.05) is 30.3 Å². The van der Waals surface area contributed by atoms with Gasteiger partial charge < -0.3 is 4.74 Å². The molecule has 4 rings (SSSR count). The van der Waals surface area contributed by atoms with Crippen molar-refractivity contribution in [1.82, 2.24) is 0 Å². The van der Waals surface area contributed by atoms with Crippen molar-refractivity contribution >= 4 is 0 Å². The third kappa shape index (κ3) is 4.06. The predicted octanol–water partition coefficient (Wildman–Crippen LogP) is 7.21. The molecule has 1 nitrogen and oxygen atoms in total. The van der Waals surface area contributed by atoms with E-state index in [1.54, 1.807) is 0 Å². The van der Waals surface area contributed by atoms with E-state index in [-0.39, 0.29) is 0 Å². The van der Waals surface area contributed by atoms with E-state index in [1.165, 1.54) is 16.7 Å². The molecule has 0 atom stereocenters. The van der Waals surface area contributed by atoms with Crippen LogP contribution in [0.2, 0.25) is 0 Å². The van der Waals surface area contributed by atoms with Crippen molar-refractivity contribution in [3.8, 4) is 5.75 Å². The molecular formula is C29H25O. The molecule has 1 heteroatoms. The maximum atomic E-state index is 6.28. The van der Waals surface area contributed by atoms with E-state index < -0.39 is 5.41 Å². The van der Waals surface area contributed by atoms with Gasteiger partial charge in [0, 0.05) is 6.42 Å². The zero-order chi connectivity index (χ0) is 20.7. The Balaban J connectivity index is 1.97. The quantitative estimate of drug-likeness (QED) is 0.240. The molecule has 4 aromatic carbocycles. The number of allylic oxidation sites excluding steroid dienone is 2. The summed E-state index contributed by atoms with van der Waals surface area (Å²) >= 11 is 0. The van der Waals surface area contributed by atoms with Crippen molar-refractivity contribution in [3.05, 3.63) is 157 Å². The van der Waals surface area contributed by atoms with Gasteiger partial charge in [-0.3, -0.25) is 0 Å². The summed E-state index contributed by atoms with van der Waals surface area (Å²) in [5.74, 6) is 1.65. The SMILES string of the molecule is [CH2]CC(=CC(c1ccccc1)(c1ccccc1)c1ccccc1)Oc1ccccc1. The van der Waals surface area contributed by atoms with Gasteiger partial charge in [0.2, 0.25) is 0 Å². The Hall–Kier alpha value is -3.58. The van der Waals surface area contributed by atoms with E-state index in [4.69, 9.17) is 4.74 Å². The molecule has 0 saturated heterocycles. The zero-order valence-corrected chi connectivity index (χ0v) is 16.9.